The minimum absolute atomic E-state index is 0.292. The molecule has 8 heteroatoms. The van der Waals surface area contributed by atoms with Crippen molar-refractivity contribution in [2.45, 2.75) is 6.54 Å². The Hall–Kier alpha value is -3.00. The normalized spacial score (nSPS) is 15.0. The summed E-state index contributed by atoms with van der Waals surface area (Å²) < 4.78 is 8.48. The molecule has 0 saturated heterocycles. The van der Waals surface area contributed by atoms with Gasteiger partial charge in [-0.3, -0.25) is 4.79 Å². The van der Waals surface area contributed by atoms with Crippen LogP contribution in [0.25, 0.3) is 11.5 Å². The minimum Gasteiger partial charge on any atom is -0.489 e. The first kappa shape index (κ1) is 16.5. The zero-order valence-corrected chi connectivity index (χ0v) is 15.2. The van der Waals surface area contributed by atoms with Crippen LogP contribution in [0.2, 0.25) is 0 Å². The van der Waals surface area contributed by atoms with Crippen molar-refractivity contribution in [1.82, 2.24) is 19.7 Å². The number of hydrogen-bond donors (Lipinski definition) is 1. The number of amides is 1. The number of halogens is 1. The van der Waals surface area contributed by atoms with Crippen molar-refractivity contribution in [3.63, 3.8) is 0 Å². The van der Waals surface area contributed by atoms with Gasteiger partial charge in [0.1, 0.15) is 30.2 Å². The Kier molecular flexibility index (Phi) is 4.49. The summed E-state index contributed by atoms with van der Waals surface area (Å²) in [6.07, 6.45) is 5.49. The number of carbonyl (C=O) groups is 1. The fourth-order valence-corrected chi connectivity index (χ4v) is 2.94. The molecule has 1 amide bonds. The molecule has 3 aromatic rings. The molecule has 1 aliphatic rings. The van der Waals surface area contributed by atoms with Gasteiger partial charge in [-0.2, -0.15) is 0 Å². The number of ether oxygens (including phenoxy) is 1. The van der Waals surface area contributed by atoms with Gasteiger partial charge in [-0.1, -0.05) is 28.1 Å². The predicted molar refractivity (Wildman–Crippen MR) is 100.0 cm³/mol. The SMILES string of the molecule is O=C1Nc2cccc(n2)-c2nncn2C/C=C/COc2cc(Br)ccc21. The molecule has 0 saturated carbocycles. The molecule has 7 nitrogen and oxygen atoms in total. The molecule has 4 rings (SSSR count). The van der Waals surface area contributed by atoms with Crippen molar-refractivity contribution in [3.8, 4) is 17.3 Å². The highest BCUT2D eigenvalue weighted by molar-refractivity contribution is 9.10. The number of aromatic nitrogens is 4. The summed E-state index contributed by atoms with van der Waals surface area (Å²) in [5.41, 5.74) is 1.08. The molecule has 2 aromatic heterocycles. The average Bonchev–Trinajstić information content (AvgIpc) is 3.09. The van der Waals surface area contributed by atoms with E-state index in [1.807, 2.05) is 28.9 Å². The summed E-state index contributed by atoms with van der Waals surface area (Å²) in [4.78, 5) is 17.2. The molecule has 3 heterocycles. The second-order valence-corrected chi connectivity index (χ2v) is 6.51. The first-order valence-electron chi connectivity index (χ1n) is 7.94. The van der Waals surface area contributed by atoms with Gasteiger partial charge in [-0.15, -0.1) is 10.2 Å². The highest BCUT2D eigenvalue weighted by atomic mass is 79.9. The Morgan fingerprint density at radius 3 is 3.04 bits per heavy atom. The van der Waals surface area contributed by atoms with Crippen LogP contribution in [0.5, 0.6) is 5.75 Å². The van der Waals surface area contributed by atoms with Crippen LogP contribution in [-0.2, 0) is 6.54 Å². The third-order valence-electron chi connectivity index (χ3n) is 3.83. The smallest absolute Gasteiger partial charge is 0.260 e. The number of allylic oxidation sites excluding steroid dienone is 1. The molecule has 0 atom stereocenters. The average molecular weight is 412 g/mol. The van der Waals surface area contributed by atoms with Crippen LogP contribution in [0.3, 0.4) is 0 Å². The zero-order valence-electron chi connectivity index (χ0n) is 13.6. The molecule has 0 aliphatic carbocycles. The topological polar surface area (TPSA) is 81.9 Å². The number of anilines is 1. The summed E-state index contributed by atoms with van der Waals surface area (Å²) in [5, 5.41) is 10.9. The quantitative estimate of drug-likeness (QED) is 0.573. The highest BCUT2D eigenvalue weighted by Gasteiger charge is 2.15. The molecule has 0 radical (unpaired) electrons. The standard InChI is InChI=1S/C18H14BrN5O2/c19-12-6-7-13-15(10-12)26-9-2-1-8-24-11-20-23-17(24)14-4-3-5-16(21-14)22-18(13)25/h1-7,10-11H,8-9H2,(H,21,22,25)/b2-1+. The van der Waals surface area contributed by atoms with Crippen LogP contribution >= 0.6 is 15.9 Å². The number of fused-ring (bicyclic) bond motifs is 5. The first-order chi connectivity index (χ1) is 12.7. The highest BCUT2D eigenvalue weighted by Crippen LogP contribution is 2.25. The minimum atomic E-state index is -0.292. The van der Waals surface area contributed by atoms with E-state index in [9.17, 15) is 4.79 Å². The van der Waals surface area contributed by atoms with E-state index in [4.69, 9.17) is 4.74 Å². The fraction of sp³-hybridized carbons (Fsp3) is 0.111. The van der Waals surface area contributed by atoms with Gasteiger partial charge in [0, 0.05) is 11.0 Å². The lowest BCUT2D eigenvalue weighted by Gasteiger charge is -2.12. The van der Waals surface area contributed by atoms with Gasteiger partial charge in [0.05, 0.1) is 5.56 Å². The molecule has 2 bridgehead atoms. The molecule has 130 valence electrons. The van der Waals surface area contributed by atoms with Crippen molar-refractivity contribution >= 4 is 27.7 Å². The van der Waals surface area contributed by atoms with Gasteiger partial charge in [-0.05, 0) is 36.4 Å². The van der Waals surface area contributed by atoms with Crippen LogP contribution in [-0.4, -0.2) is 32.3 Å². The maximum absolute atomic E-state index is 12.7. The van der Waals surface area contributed by atoms with Crippen molar-refractivity contribution in [3.05, 3.63) is 64.9 Å². The zero-order chi connectivity index (χ0) is 17.9. The number of carbonyl (C=O) groups excluding carboxylic acids is 1. The first-order valence-corrected chi connectivity index (χ1v) is 8.74. The van der Waals surface area contributed by atoms with Gasteiger partial charge >= 0.3 is 0 Å². The van der Waals surface area contributed by atoms with Gasteiger partial charge in [0.15, 0.2) is 5.82 Å². The lowest BCUT2D eigenvalue weighted by atomic mass is 10.2. The molecule has 0 fully saturated rings. The summed E-state index contributed by atoms with van der Waals surface area (Å²) >= 11 is 3.41. The summed E-state index contributed by atoms with van der Waals surface area (Å²) in [6.45, 7) is 0.938. The van der Waals surface area contributed by atoms with Crippen LogP contribution in [0.15, 0.2) is 59.4 Å². The molecule has 1 aliphatic heterocycles. The lowest BCUT2D eigenvalue weighted by Crippen LogP contribution is -2.15. The maximum Gasteiger partial charge on any atom is 0.260 e. The number of benzene rings is 1. The molecule has 26 heavy (non-hydrogen) atoms. The van der Waals surface area contributed by atoms with E-state index in [0.717, 1.165) is 4.47 Å². The number of rotatable bonds is 0. The van der Waals surface area contributed by atoms with Crippen LogP contribution in [0, 0.1) is 0 Å². The molecule has 1 aromatic carbocycles. The van der Waals surface area contributed by atoms with Gasteiger partial charge < -0.3 is 14.6 Å². The Morgan fingerprint density at radius 2 is 2.12 bits per heavy atom. The molecular formula is C18H14BrN5O2. The van der Waals surface area contributed by atoms with Crippen molar-refractivity contribution in [2.75, 3.05) is 11.9 Å². The number of pyridine rings is 1. The van der Waals surface area contributed by atoms with E-state index in [0.29, 0.717) is 41.8 Å². The van der Waals surface area contributed by atoms with E-state index in [-0.39, 0.29) is 5.91 Å². The number of nitrogens with zero attached hydrogens (tertiary/aromatic N) is 4. The Morgan fingerprint density at radius 1 is 1.19 bits per heavy atom. The van der Waals surface area contributed by atoms with E-state index in [1.165, 1.54) is 0 Å². The Bertz CT molecular complexity index is 999. The van der Waals surface area contributed by atoms with E-state index < -0.39 is 0 Å². The predicted octanol–water partition coefficient (Wildman–Crippen LogP) is 3.30. The largest absolute Gasteiger partial charge is 0.489 e. The second kappa shape index (κ2) is 7.09. The van der Waals surface area contributed by atoms with E-state index in [2.05, 4.69) is 36.4 Å². The monoisotopic (exact) mass is 411 g/mol. The summed E-state index contributed by atoms with van der Waals surface area (Å²) in [6, 6.07) is 10.7. The van der Waals surface area contributed by atoms with E-state index >= 15 is 0 Å². The maximum atomic E-state index is 12.7. The molecule has 0 unspecified atom stereocenters. The molecule has 0 spiro atoms. The molecule has 1 N–H and O–H groups in total. The Labute approximate surface area is 157 Å². The summed E-state index contributed by atoms with van der Waals surface area (Å²) in [5.74, 6) is 1.27. The lowest BCUT2D eigenvalue weighted by molar-refractivity contribution is 0.102. The van der Waals surface area contributed by atoms with E-state index in [1.54, 1.807) is 30.6 Å². The van der Waals surface area contributed by atoms with Crippen LogP contribution in [0.1, 0.15) is 10.4 Å². The van der Waals surface area contributed by atoms with Crippen molar-refractivity contribution < 1.29 is 9.53 Å². The second-order valence-electron chi connectivity index (χ2n) is 5.59. The third kappa shape index (κ3) is 3.36. The number of nitrogens with one attached hydrogen (secondary N) is 1. The van der Waals surface area contributed by atoms with Crippen LogP contribution in [0.4, 0.5) is 5.82 Å². The van der Waals surface area contributed by atoms with Gasteiger partial charge in [0.2, 0.25) is 0 Å². The van der Waals surface area contributed by atoms with Crippen molar-refractivity contribution in [1.29, 1.82) is 0 Å². The Balaban J connectivity index is 1.78. The van der Waals surface area contributed by atoms with Gasteiger partial charge in [-0.25, -0.2) is 4.98 Å². The van der Waals surface area contributed by atoms with Crippen molar-refractivity contribution in [2.24, 2.45) is 0 Å². The molecular weight excluding hydrogens is 398 g/mol. The number of hydrogen-bond acceptors (Lipinski definition) is 5. The van der Waals surface area contributed by atoms with Gasteiger partial charge in [0.25, 0.3) is 5.91 Å². The van der Waals surface area contributed by atoms with Crippen LogP contribution < -0.4 is 10.1 Å². The third-order valence-corrected chi connectivity index (χ3v) is 4.32. The summed E-state index contributed by atoms with van der Waals surface area (Å²) in [7, 11) is 0. The fourth-order valence-electron chi connectivity index (χ4n) is 2.60.